The van der Waals surface area contributed by atoms with Crippen LogP contribution in [0.25, 0.3) is 0 Å². The van der Waals surface area contributed by atoms with Crippen molar-refractivity contribution in [1.29, 1.82) is 5.26 Å². The molecule has 3 nitrogen and oxygen atoms in total. The number of carbonyl (C=O) groups excluding carboxylic acids is 1. The maximum Gasteiger partial charge on any atom is 0.251 e. The van der Waals surface area contributed by atoms with Crippen molar-refractivity contribution in [2.24, 2.45) is 0 Å². The molecule has 1 amide bonds. The molecule has 1 aromatic rings. The molecule has 0 aliphatic heterocycles. The summed E-state index contributed by atoms with van der Waals surface area (Å²) in [5, 5.41) is 11.9. The lowest BCUT2D eigenvalue weighted by atomic mass is 9.89. The SMILES string of the molecule is CCC(CC)(CC)NC(=O)c1cccc(C#N)c1. The summed E-state index contributed by atoms with van der Waals surface area (Å²) in [6.45, 7) is 6.25. The molecule has 1 N–H and O–H groups in total. The van der Waals surface area contributed by atoms with Crippen molar-refractivity contribution in [2.45, 2.75) is 45.6 Å². The Balaban J connectivity index is 2.91. The molecular weight excluding hydrogens is 224 g/mol. The van der Waals surface area contributed by atoms with Crippen LogP contribution < -0.4 is 5.32 Å². The van der Waals surface area contributed by atoms with E-state index < -0.39 is 0 Å². The molecular formula is C15H20N2O. The number of nitriles is 1. The zero-order valence-corrected chi connectivity index (χ0v) is 11.3. The van der Waals surface area contributed by atoms with Crippen LogP contribution in [0.1, 0.15) is 56.0 Å². The van der Waals surface area contributed by atoms with E-state index in [0.29, 0.717) is 11.1 Å². The molecule has 3 heteroatoms. The van der Waals surface area contributed by atoms with E-state index in [4.69, 9.17) is 5.26 Å². The van der Waals surface area contributed by atoms with Crippen molar-refractivity contribution in [3.8, 4) is 6.07 Å². The van der Waals surface area contributed by atoms with E-state index in [1.54, 1.807) is 24.3 Å². The van der Waals surface area contributed by atoms with E-state index in [2.05, 4.69) is 26.1 Å². The molecule has 0 atom stereocenters. The van der Waals surface area contributed by atoms with E-state index in [1.165, 1.54) is 0 Å². The maximum atomic E-state index is 12.2. The molecule has 96 valence electrons. The normalized spacial score (nSPS) is 10.8. The van der Waals surface area contributed by atoms with Crippen LogP contribution >= 0.6 is 0 Å². The Morgan fingerprint density at radius 1 is 1.28 bits per heavy atom. The van der Waals surface area contributed by atoms with Gasteiger partial charge in [0.15, 0.2) is 0 Å². The number of benzene rings is 1. The predicted molar refractivity (Wildman–Crippen MR) is 72.2 cm³/mol. The topological polar surface area (TPSA) is 52.9 Å². The third-order valence-corrected chi connectivity index (χ3v) is 3.66. The van der Waals surface area contributed by atoms with Crippen molar-refractivity contribution in [2.75, 3.05) is 0 Å². The van der Waals surface area contributed by atoms with Crippen molar-refractivity contribution in [1.82, 2.24) is 5.32 Å². The minimum Gasteiger partial charge on any atom is -0.347 e. The molecule has 18 heavy (non-hydrogen) atoms. The fraction of sp³-hybridized carbons (Fsp3) is 0.467. The highest BCUT2D eigenvalue weighted by molar-refractivity contribution is 5.95. The largest absolute Gasteiger partial charge is 0.347 e. The zero-order chi connectivity index (χ0) is 13.6. The molecule has 0 saturated heterocycles. The Hall–Kier alpha value is -1.82. The molecule has 0 bridgehead atoms. The Labute approximate surface area is 109 Å². The molecule has 0 heterocycles. The number of rotatable bonds is 5. The summed E-state index contributed by atoms with van der Waals surface area (Å²) in [5.74, 6) is -0.0994. The molecule has 0 radical (unpaired) electrons. The van der Waals surface area contributed by atoms with Crippen LogP contribution in [0.5, 0.6) is 0 Å². The average molecular weight is 244 g/mol. The first-order valence-electron chi connectivity index (χ1n) is 6.43. The maximum absolute atomic E-state index is 12.2. The monoisotopic (exact) mass is 244 g/mol. The number of amides is 1. The zero-order valence-electron chi connectivity index (χ0n) is 11.3. The standard InChI is InChI=1S/C15H20N2O/c1-4-15(5-2,6-3)17-14(18)13-9-7-8-12(10-13)11-16/h7-10H,4-6H2,1-3H3,(H,17,18). The average Bonchev–Trinajstić information content (AvgIpc) is 2.44. The van der Waals surface area contributed by atoms with Gasteiger partial charge in [-0.15, -0.1) is 0 Å². The summed E-state index contributed by atoms with van der Waals surface area (Å²) in [5.41, 5.74) is 0.922. The molecule has 0 aliphatic carbocycles. The molecule has 0 spiro atoms. The highest BCUT2D eigenvalue weighted by atomic mass is 16.1. The van der Waals surface area contributed by atoms with Crippen molar-refractivity contribution in [3.63, 3.8) is 0 Å². The van der Waals surface area contributed by atoms with E-state index in [-0.39, 0.29) is 11.4 Å². The van der Waals surface area contributed by atoms with Crippen LogP contribution in [0.2, 0.25) is 0 Å². The van der Waals surface area contributed by atoms with Crippen LogP contribution in [-0.2, 0) is 0 Å². The van der Waals surface area contributed by atoms with Crippen LogP contribution in [-0.4, -0.2) is 11.4 Å². The second-order valence-corrected chi connectivity index (χ2v) is 4.49. The van der Waals surface area contributed by atoms with Gasteiger partial charge in [0.05, 0.1) is 11.6 Å². The van der Waals surface area contributed by atoms with Gasteiger partial charge in [0.2, 0.25) is 0 Å². The van der Waals surface area contributed by atoms with Gasteiger partial charge in [0.1, 0.15) is 0 Å². The molecule has 1 aromatic carbocycles. The first-order chi connectivity index (χ1) is 8.60. The quantitative estimate of drug-likeness (QED) is 0.864. The minimum atomic E-state index is -0.139. The van der Waals surface area contributed by atoms with Crippen LogP contribution in [0, 0.1) is 11.3 Å². The van der Waals surface area contributed by atoms with Gasteiger partial charge in [-0.1, -0.05) is 26.8 Å². The minimum absolute atomic E-state index is 0.0994. The van der Waals surface area contributed by atoms with E-state index in [0.717, 1.165) is 19.3 Å². The van der Waals surface area contributed by atoms with Crippen molar-refractivity contribution in [3.05, 3.63) is 35.4 Å². The number of nitrogens with one attached hydrogen (secondary N) is 1. The smallest absolute Gasteiger partial charge is 0.251 e. The summed E-state index contributed by atoms with van der Waals surface area (Å²) >= 11 is 0. The highest BCUT2D eigenvalue weighted by Crippen LogP contribution is 2.20. The van der Waals surface area contributed by atoms with Gasteiger partial charge in [-0.25, -0.2) is 0 Å². The number of hydrogen-bond donors (Lipinski definition) is 1. The van der Waals surface area contributed by atoms with Gasteiger partial charge in [0.25, 0.3) is 5.91 Å². The van der Waals surface area contributed by atoms with Gasteiger partial charge < -0.3 is 5.32 Å². The lowest BCUT2D eigenvalue weighted by Crippen LogP contribution is -2.47. The van der Waals surface area contributed by atoms with Crippen molar-refractivity contribution < 1.29 is 4.79 Å². The molecule has 0 unspecified atom stereocenters. The molecule has 0 aliphatic rings. The second kappa shape index (κ2) is 6.20. The third kappa shape index (κ3) is 3.10. The summed E-state index contributed by atoms with van der Waals surface area (Å²) < 4.78 is 0. The van der Waals surface area contributed by atoms with E-state index in [9.17, 15) is 4.79 Å². The van der Waals surface area contributed by atoms with Gasteiger partial charge in [-0.3, -0.25) is 4.79 Å². The summed E-state index contributed by atoms with van der Waals surface area (Å²) in [7, 11) is 0. The molecule has 1 rings (SSSR count). The summed E-state index contributed by atoms with van der Waals surface area (Å²) in [4.78, 5) is 12.2. The number of carbonyl (C=O) groups is 1. The van der Waals surface area contributed by atoms with Gasteiger partial charge in [-0.05, 0) is 37.5 Å². The predicted octanol–water partition coefficient (Wildman–Crippen LogP) is 3.26. The van der Waals surface area contributed by atoms with Gasteiger partial charge in [0, 0.05) is 11.1 Å². The fourth-order valence-electron chi connectivity index (χ4n) is 2.06. The fourth-order valence-corrected chi connectivity index (χ4v) is 2.06. The van der Waals surface area contributed by atoms with Crippen molar-refractivity contribution >= 4 is 5.91 Å². The van der Waals surface area contributed by atoms with Crippen LogP contribution in [0.15, 0.2) is 24.3 Å². The number of hydrogen-bond acceptors (Lipinski definition) is 2. The summed E-state index contributed by atoms with van der Waals surface area (Å²) in [6.07, 6.45) is 2.72. The first kappa shape index (κ1) is 14.2. The van der Waals surface area contributed by atoms with Crippen LogP contribution in [0.3, 0.4) is 0 Å². The van der Waals surface area contributed by atoms with E-state index in [1.807, 2.05) is 6.07 Å². The molecule has 0 fully saturated rings. The highest BCUT2D eigenvalue weighted by Gasteiger charge is 2.26. The molecule has 0 saturated carbocycles. The Bertz CT molecular complexity index is 448. The first-order valence-corrected chi connectivity index (χ1v) is 6.43. The Morgan fingerprint density at radius 3 is 2.39 bits per heavy atom. The summed E-state index contributed by atoms with van der Waals surface area (Å²) in [6, 6.07) is 8.84. The second-order valence-electron chi connectivity index (χ2n) is 4.49. The van der Waals surface area contributed by atoms with E-state index >= 15 is 0 Å². The Morgan fingerprint density at radius 2 is 1.89 bits per heavy atom. The van der Waals surface area contributed by atoms with Crippen LogP contribution in [0.4, 0.5) is 0 Å². The third-order valence-electron chi connectivity index (χ3n) is 3.66. The van der Waals surface area contributed by atoms with Gasteiger partial charge >= 0.3 is 0 Å². The lowest BCUT2D eigenvalue weighted by molar-refractivity contribution is 0.0888. The molecule has 0 aromatic heterocycles. The van der Waals surface area contributed by atoms with Gasteiger partial charge in [-0.2, -0.15) is 5.26 Å². The number of nitrogens with zero attached hydrogens (tertiary/aromatic N) is 1. The Kier molecular flexibility index (Phi) is 4.91. The lowest BCUT2D eigenvalue weighted by Gasteiger charge is -2.31.